The van der Waals surface area contributed by atoms with Gasteiger partial charge in [0.2, 0.25) is 0 Å². The first-order valence-corrected chi connectivity index (χ1v) is 8.07. The number of nitrogens with zero attached hydrogens (tertiary/aromatic N) is 2. The summed E-state index contributed by atoms with van der Waals surface area (Å²) in [5.74, 6) is 0. The Kier molecular flexibility index (Phi) is 12.8. The van der Waals surface area contributed by atoms with Crippen LogP contribution in [0.25, 0.3) is 0 Å². The fourth-order valence-electron chi connectivity index (χ4n) is 2.30. The summed E-state index contributed by atoms with van der Waals surface area (Å²) in [6, 6.07) is 0. The molecular weight excluding hydrogens is 236 g/mol. The Morgan fingerprint density at radius 2 is 1.37 bits per heavy atom. The van der Waals surface area contributed by atoms with Crippen LogP contribution in [0.15, 0.2) is 0 Å². The fourth-order valence-corrected chi connectivity index (χ4v) is 2.30. The Bertz CT molecular complexity index is 186. The second-order valence-corrected chi connectivity index (χ2v) is 6.11. The van der Waals surface area contributed by atoms with Gasteiger partial charge in [-0.1, -0.05) is 26.2 Å². The number of hydrogen-bond acceptors (Lipinski definition) is 3. The zero-order valence-electron chi connectivity index (χ0n) is 13.7. The average molecular weight is 272 g/mol. The molecule has 0 aliphatic carbocycles. The molecule has 1 N–H and O–H groups in total. The molecule has 0 radical (unpaired) electrons. The van der Waals surface area contributed by atoms with E-state index in [-0.39, 0.29) is 6.10 Å². The molecule has 0 aliphatic rings. The van der Waals surface area contributed by atoms with E-state index in [4.69, 9.17) is 0 Å². The van der Waals surface area contributed by atoms with Crippen molar-refractivity contribution in [2.24, 2.45) is 0 Å². The zero-order chi connectivity index (χ0) is 14.5. The summed E-state index contributed by atoms with van der Waals surface area (Å²) in [6.45, 7) is 5.71. The maximum absolute atomic E-state index is 9.82. The summed E-state index contributed by atoms with van der Waals surface area (Å²) in [5.41, 5.74) is 0. The third-order valence-corrected chi connectivity index (χ3v) is 3.61. The lowest BCUT2D eigenvalue weighted by Gasteiger charge is -2.18. The van der Waals surface area contributed by atoms with Crippen LogP contribution < -0.4 is 0 Å². The third-order valence-electron chi connectivity index (χ3n) is 3.61. The molecule has 0 heterocycles. The Labute approximate surface area is 121 Å². The molecule has 0 bridgehead atoms. The molecule has 0 aliphatic heterocycles. The minimum absolute atomic E-state index is 0.0643. The van der Waals surface area contributed by atoms with Gasteiger partial charge in [-0.15, -0.1) is 0 Å². The van der Waals surface area contributed by atoms with Crippen molar-refractivity contribution in [3.05, 3.63) is 0 Å². The Morgan fingerprint density at radius 1 is 0.789 bits per heavy atom. The topological polar surface area (TPSA) is 26.7 Å². The van der Waals surface area contributed by atoms with Gasteiger partial charge >= 0.3 is 0 Å². The number of hydrogen-bond donors (Lipinski definition) is 1. The average Bonchev–Trinajstić information content (AvgIpc) is 2.34. The van der Waals surface area contributed by atoms with Gasteiger partial charge < -0.3 is 14.9 Å². The monoisotopic (exact) mass is 272 g/mol. The molecule has 3 nitrogen and oxygen atoms in total. The van der Waals surface area contributed by atoms with Gasteiger partial charge in [-0.2, -0.15) is 0 Å². The van der Waals surface area contributed by atoms with Crippen molar-refractivity contribution in [2.45, 2.75) is 64.4 Å². The maximum Gasteiger partial charge on any atom is 0.0540 e. The van der Waals surface area contributed by atoms with Crippen molar-refractivity contribution >= 4 is 0 Å². The lowest BCUT2D eigenvalue weighted by Crippen LogP contribution is -2.24. The standard InChI is InChI=1S/C16H36N2O/c1-5-6-7-11-16(19)12-8-9-14-18(4)15-10-13-17(2)3/h16,19H,5-15H2,1-4H3. The van der Waals surface area contributed by atoms with E-state index in [1.807, 2.05) is 0 Å². The van der Waals surface area contributed by atoms with E-state index < -0.39 is 0 Å². The molecule has 0 aromatic carbocycles. The van der Waals surface area contributed by atoms with Gasteiger partial charge in [-0.05, 0) is 72.9 Å². The highest BCUT2D eigenvalue weighted by Gasteiger charge is 2.04. The fraction of sp³-hybridized carbons (Fsp3) is 1.00. The normalized spacial score (nSPS) is 13.4. The molecule has 0 saturated carbocycles. The van der Waals surface area contributed by atoms with Crippen molar-refractivity contribution in [1.82, 2.24) is 9.80 Å². The van der Waals surface area contributed by atoms with Crippen molar-refractivity contribution in [3.8, 4) is 0 Å². The first-order chi connectivity index (χ1) is 9.06. The lowest BCUT2D eigenvalue weighted by molar-refractivity contribution is 0.146. The molecule has 3 heteroatoms. The first kappa shape index (κ1) is 18.9. The number of rotatable bonds is 13. The molecule has 0 spiro atoms. The summed E-state index contributed by atoms with van der Waals surface area (Å²) < 4.78 is 0. The van der Waals surface area contributed by atoms with Crippen LogP contribution in [0, 0.1) is 0 Å². The molecule has 0 saturated heterocycles. The van der Waals surface area contributed by atoms with E-state index in [1.54, 1.807) is 0 Å². The van der Waals surface area contributed by atoms with E-state index in [1.165, 1.54) is 45.2 Å². The summed E-state index contributed by atoms with van der Waals surface area (Å²) in [7, 11) is 6.45. The maximum atomic E-state index is 9.82. The number of aliphatic hydroxyl groups is 1. The van der Waals surface area contributed by atoms with Crippen LogP contribution in [0.5, 0.6) is 0 Å². The quantitative estimate of drug-likeness (QED) is 0.522. The minimum atomic E-state index is -0.0643. The van der Waals surface area contributed by atoms with Gasteiger partial charge in [0.15, 0.2) is 0 Å². The van der Waals surface area contributed by atoms with Crippen molar-refractivity contribution in [3.63, 3.8) is 0 Å². The Balaban J connectivity index is 3.32. The summed E-state index contributed by atoms with van der Waals surface area (Å²) >= 11 is 0. The smallest absolute Gasteiger partial charge is 0.0540 e. The van der Waals surface area contributed by atoms with Gasteiger partial charge in [0.05, 0.1) is 6.10 Å². The molecule has 0 rings (SSSR count). The molecule has 0 fully saturated rings. The second-order valence-electron chi connectivity index (χ2n) is 6.11. The van der Waals surface area contributed by atoms with Gasteiger partial charge in [0, 0.05) is 0 Å². The van der Waals surface area contributed by atoms with Gasteiger partial charge in [0.25, 0.3) is 0 Å². The van der Waals surface area contributed by atoms with E-state index in [0.717, 1.165) is 25.8 Å². The molecule has 1 unspecified atom stereocenters. The highest BCUT2D eigenvalue weighted by atomic mass is 16.3. The predicted molar refractivity (Wildman–Crippen MR) is 84.7 cm³/mol. The molecular formula is C16H36N2O. The zero-order valence-corrected chi connectivity index (χ0v) is 13.7. The molecule has 19 heavy (non-hydrogen) atoms. The first-order valence-electron chi connectivity index (χ1n) is 8.07. The highest BCUT2D eigenvalue weighted by Crippen LogP contribution is 2.09. The van der Waals surface area contributed by atoms with Gasteiger partial charge in [0.1, 0.15) is 0 Å². The third kappa shape index (κ3) is 14.1. The molecule has 116 valence electrons. The van der Waals surface area contributed by atoms with Crippen LogP contribution >= 0.6 is 0 Å². The minimum Gasteiger partial charge on any atom is -0.393 e. The van der Waals surface area contributed by atoms with Crippen LogP contribution in [0.2, 0.25) is 0 Å². The molecule has 0 aromatic rings. The van der Waals surface area contributed by atoms with Gasteiger partial charge in [-0.3, -0.25) is 0 Å². The SMILES string of the molecule is CCCCCC(O)CCCCN(C)CCCN(C)C. The Morgan fingerprint density at radius 3 is 1.95 bits per heavy atom. The molecule has 0 amide bonds. The van der Waals surface area contributed by atoms with E-state index in [2.05, 4.69) is 37.9 Å². The summed E-state index contributed by atoms with van der Waals surface area (Å²) in [5, 5.41) is 9.82. The summed E-state index contributed by atoms with van der Waals surface area (Å²) in [6.07, 6.45) is 9.20. The van der Waals surface area contributed by atoms with Crippen molar-refractivity contribution < 1.29 is 5.11 Å². The largest absolute Gasteiger partial charge is 0.393 e. The molecule has 1 atom stereocenters. The molecule has 0 aromatic heterocycles. The lowest BCUT2D eigenvalue weighted by atomic mass is 10.1. The number of aliphatic hydroxyl groups excluding tert-OH is 1. The number of unbranched alkanes of at least 4 members (excludes halogenated alkanes) is 3. The Hall–Kier alpha value is -0.120. The van der Waals surface area contributed by atoms with Crippen molar-refractivity contribution in [1.29, 1.82) is 0 Å². The highest BCUT2D eigenvalue weighted by molar-refractivity contribution is 4.59. The van der Waals surface area contributed by atoms with Crippen molar-refractivity contribution in [2.75, 3.05) is 40.8 Å². The van der Waals surface area contributed by atoms with Crippen LogP contribution in [-0.4, -0.2) is 61.8 Å². The van der Waals surface area contributed by atoms with Gasteiger partial charge in [-0.25, -0.2) is 0 Å². The summed E-state index contributed by atoms with van der Waals surface area (Å²) in [4.78, 5) is 4.65. The van der Waals surface area contributed by atoms with Crippen LogP contribution in [0.4, 0.5) is 0 Å². The predicted octanol–water partition coefficient (Wildman–Crippen LogP) is 2.98. The van der Waals surface area contributed by atoms with Crippen LogP contribution in [0.3, 0.4) is 0 Å². The van der Waals surface area contributed by atoms with Crippen LogP contribution in [0.1, 0.15) is 58.3 Å². The second kappa shape index (κ2) is 12.9. The van der Waals surface area contributed by atoms with E-state index in [0.29, 0.717) is 0 Å². The van der Waals surface area contributed by atoms with Crippen LogP contribution in [-0.2, 0) is 0 Å². The van der Waals surface area contributed by atoms with E-state index >= 15 is 0 Å². The van der Waals surface area contributed by atoms with E-state index in [9.17, 15) is 5.11 Å².